The zero-order chi connectivity index (χ0) is 30.3. The number of amides is 2. The van der Waals surface area contributed by atoms with Crippen LogP contribution in [-0.4, -0.2) is 21.9 Å². The molecule has 2 amide bonds. The summed E-state index contributed by atoms with van der Waals surface area (Å²) < 4.78 is 11.9. The highest BCUT2D eigenvalue weighted by Crippen LogP contribution is 2.29. The second-order valence-electron chi connectivity index (χ2n) is 9.70. The van der Waals surface area contributed by atoms with Crippen molar-refractivity contribution in [3.8, 4) is 17.2 Å². The number of rotatable bonds is 10. The van der Waals surface area contributed by atoms with Crippen LogP contribution in [0.25, 0.3) is 6.08 Å². The summed E-state index contributed by atoms with van der Waals surface area (Å²) in [5.41, 5.74) is 2.80. The normalized spacial score (nSPS) is 14.0. The highest BCUT2D eigenvalue weighted by Gasteiger charge is 2.34. The fraction of sp³-hybridized carbons (Fsp3) is 0.121. The number of hydrogen-bond acceptors (Lipinski definition) is 7. The van der Waals surface area contributed by atoms with Crippen LogP contribution in [0.3, 0.4) is 0 Å². The number of carbonyl (C=O) groups excluding carboxylic acids is 2. The monoisotopic (exact) mass is 593 g/mol. The number of thiocarbonyl (C=S) groups is 1. The van der Waals surface area contributed by atoms with E-state index in [2.05, 4.69) is 5.32 Å². The van der Waals surface area contributed by atoms with Crippen LogP contribution in [0.5, 0.6) is 17.2 Å². The van der Waals surface area contributed by atoms with Gasteiger partial charge in [0, 0.05) is 12.1 Å². The Morgan fingerprint density at radius 2 is 1.63 bits per heavy atom. The number of benzene rings is 4. The van der Waals surface area contributed by atoms with Crippen LogP contribution in [-0.2, 0) is 22.6 Å². The van der Waals surface area contributed by atoms with E-state index in [-0.39, 0.29) is 23.0 Å². The second kappa shape index (κ2) is 13.1. The first-order valence-electron chi connectivity index (χ1n) is 13.6. The maximum Gasteiger partial charge on any atom is 0.270 e. The van der Waals surface area contributed by atoms with Crippen molar-refractivity contribution in [2.24, 2.45) is 0 Å². The fourth-order valence-electron chi connectivity index (χ4n) is 4.52. The van der Waals surface area contributed by atoms with Crippen molar-refractivity contribution in [3.63, 3.8) is 0 Å². The van der Waals surface area contributed by atoms with Crippen LogP contribution in [0.4, 0.5) is 11.4 Å². The molecule has 1 aliphatic heterocycles. The third-order valence-corrected chi connectivity index (χ3v) is 6.92. The maximum atomic E-state index is 13.5. The first kappa shape index (κ1) is 29.2. The molecule has 1 fully saturated rings. The van der Waals surface area contributed by atoms with Crippen molar-refractivity contribution < 1.29 is 24.0 Å². The summed E-state index contributed by atoms with van der Waals surface area (Å²) in [6, 6.07) is 27.8. The number of hydrogen-bond donors (Lipinski definition) is 1. The fourth-order valence-corrected chi connectivity index (χ4v) is 4.80. The Bertz CT molecular complexity index is 1700. The van der Waals surface area contributed by atoms with E-state index in [4.69, 9.17) is 21.7 Å². The van der Waals surface area contributed by atoms with E-state index in [1.165, 1.54) is 17.0 Å². The minimum Gasteiger partial charge on any atom is -0.489 e. The number of nitrogens with zero attached hydrogens (tertiary/aromatic N) is 2. The van der Waals surface area contributed by atoms with Crippen LogP contribution in [0.15, 0.2) is 103 Å². The van der Waals surface area contributed by atoms with Gasteiger partial charge in [0.15, 0.2) is 5.11 Å². The molecule has 0 spiro atoms. The average molecular weight is 594 g/mol. The lowest BCUT2D eigenvalue weighted by molar-refractivity contribution is -0.384. The minimum absolute atomic E-state index is 0.00876. The van der Waals surface area contributed by atoms with E-state index in [1.807, 2.05) is 43.3 Å². The number of ether oxygens (including phenoxy) is 2. The topological polar surface area (TPSA) is 111 Å². The average Bonchev–Trinajstić information content (AvgIpc) is 3.00. The lowest BCUT2D eigenvalue weighted by atomic mass is 10.0. The molecule has 0 aliphatic carbocycles. The van der Waals surface area contributed by atoms with Gasteiger partial charge in [-0.3, -0.25) is 29.9 Å². The Hall–Kier alpha value is -5.35. The predicted octanol–water partition coefficient (Wildman–Crippen LogP) is 6.75. The van der Waals surface area contributed by atoms with Crippen molar-refractivity contribution in [2.75, 3.05) is 4.90 Å². The smallest absolute Gasteiger partial charge is 0.270 e. The summed E-state index contributed by atoms with van der Waals surface area (Å²) in [5, 5.41) is 13.5. The minimum atomic E-state index is -0.578. The number of non-ortho nitro benzene ring substituents is 1. The third-order valence-electron chi connectivity index (χ3n) is 6.63. The number of nitrogens with one attached hydrogen (secondary N) is 1. The SMILES string of the molecule is CCCc1cc(/C=C2\C(=O)NC(=S)N(c3ccc(Oc4ccccc4)cc3)C2=O)ccc1OCc1ccc([N+](=O)[O-])cc1. The van der Waals surface area contributed by atoms with Gasteiger partial charge in [-0.05, 0) is 102 Å². The molecular weight excluding hydrogens is 566 g/mol. The van der Waals surface area contributed by atoms with E-state index in [1.54, 1.807) is 54.6 Å². The summed E-state index contributed by atoms with van der Waals surface area (Å²) >= 11 is 5.35. The van der Waals surface area contributed by atoms with E-state index in [0.717, 1.165) is 17.5 Å². The Labute approximate surface area is 253 Å². The van der Waals surface area contributed by atoms with Gasteiger partial charge in [-0.15, -0.1) is 0 Å². The molecule has 0 unspecified atom stereocenters. The Kier molecular flexibility index (Phi) is 8.88. The van der Waals surface area contributed by atoms with Crippen LogP contribution in [0, 0.1) is 10.1 Å². The molecule has 5 rings (SSSR count). The van der Waals surface area contributed by atoms with Crippen LogP contribution in [0.1, 0.15) is 30.0 Å². The van der Waals surface area contributed by atoms with Gasteiger partial charge >= 0.3 is 0 Å². The number of para-hydroxylation sites is 1. The first-order chi connectivity index (χ1) is 20.8. The maximum absolute atomic E-state index is 13.5. The van der Waals surface area contributed by atoms with Crippen LogP contribution < -0.4 is 19.7 Å². The van der Waals surface area contributed by atoms with E-state index >= 15 is 0 Å². The molecule has 0 radical (unpaired) electrons. The molecular formula is C33H27N3O6S. The molecule has 43 heavy (non-hydrogen) atoms. The molecule has 1 aliphatic rings. The Balaban J connectivity index is 1.34. The number of aryl methyl sites for hydroxylation is 1. The van der Waals surface area contributed by atoms with Crippen LogP contribution >= 0.6 is 12.2 Å². The van der Waals surface area contributed by atoms with Gasteiger partial charge in [-0.2, -0.15) is 0 Å². The molecule has 0 saturated carbocycles. The summed E-state index contributed by atoms with van der Waals surface area (Å²) in [4.78, 5) is 38.1. The quantitative estimate of drug-likeness (QED) is 0.0712. The Morgan fingerprint density at radius 3 is 2.30 bits per heavy atom. The highest BCUT2D eigenvalue weighted by molar-refractivity contribution is 7.80. The number of nitro groups is 1. The van der Waals surface area contributed by atoms with Crippen LogP contribution in [0.2, 0.25) is 0 Å². The third kappa shape index (κ3) is 6.94. The second-order valence-corrected chi connectivity index (χ2v) is 10.1. The molecule has 10 heteroatoms. The van der Waals surface area contributed by atoms with Gasteiger partial charge in [-0.25, -0.2) is 0 Å². The highest BCUT2D eigenvalue weighted by atomic mass is 32.1. The van der Waals surface area contributed by atoms with Crippen molar-refractivity contribution >= 4 is 46.6 Å². The summed E-state index contributed by atoms with van der Waals surface area (Å²) in [7, 11) is 0. The van der Waals surface area contributed by atoms with Crippen molar-refractivity contribution in [1.82, 2.24) is 5.32 Å². The molecule has 0 aromatic heterocycles. The predicted molar refractivity (Wildman–Crippen MR) is 167 cm³/mol. The number of anilines is 1. The van der Waals surface area contributed by atoms with Gasteiger partial charge in [0.1, 0.15) is 29.4 Å². The molecule has 1 N–H and O–H groups in total. The van der Waals surface area contributed by atoms with Crippen molar-refractivity contribution in [1.29, 1.82) is 0 Å². The van der Waals surface area contributed by atoms with Gasteiger partial charge < -0.3 is 9.47 Å². The van der Waals surface area contributed by atoms with E-state index in [0.29, 0.717) is 34.9 Å². The van der Waals surface area contributed by atoms with Crippen molar-refractivity contribution in [2.45, 2.75) is 26.4 Å². The van der Waals surface area contributed by atoms with Gasteiger partial charge in [-0.1, -0.05) is 37.6 Å². The number of carbonyl (C=O) groups is 2. The molecule has 216 valence electrons. The zero-order valence-electron chi connectivity index (χ0n) is 23.2. The van der Waals surface area contributed by atoms with Gasteiger partial charge in [0.25, 0.3) is 17.5 Å². The largest absolute Gasteiger partial charge is 0.489 e. The van der Waals surface area contributed by atoms with Crippen molar-refractivity contribution in [3.05, 3.63) is 129 Å². The van der Waals surface area contributed by atoms with E-state index in [9.17, 15) is 19.7 Å². The molecule has 4 aromatic carbocycles. The molecule has 0 atom stereocenters. The molecule has 9 nitrogen and oxygen atoms in total. The lowest BCUT2D eigenvalue weighted by Gasteiger charge is -2.29. The summed E-state index contributed by atoms with van der Waals surface area (Å²) in [5.74, 6) is 0.807. The first-order valence-corrected chi connectivity index (χ1v) is 14.0. The molecule has 0 bridgehead atoms. The molecule has 1 saturated heterocycles. The summed E-state index contributed by atoms with van der Waals surface area (Å²) in [6.07, 6.45) is 3.10. The van der Waals surface area contributed by atoms with E-state index < -0.39 is 16.7 Å². The molecule has 4 aromatic rings. The Morgan fingerprint density at radius 1 is 0.930 bits per heavy atom. The van der Waals surface area contributed by atoms with Gasteiger partial charge in [0.2, 0.25) is 0 Å². The number of nitro benzene ring substituents is 1. The molecule has 1 heterocycles. The zero-order valence-corrected chi connectivity index (χ0v) is 24.0. The standard InChI is InChI=1S/C33H27N3O6S/c1-2-6-24-19-23(11-18-30(24)41-21-22-9-12-26(13-10-22)36(39)40)20-29-31(37)34-33(43)35(32(29)38)25-14-16-28(17-15-25)42-27-7-4-3-5-8-27/h3-5,7-20H,2,6,21H2,1H3,(H,34,37,43)/b29-20+. The summed E-state index contributed by atoms with van der Waals surface area (Å²) in [6.45, 7) is 2.27. The van der Waals surface area contributed by atoms with Gasteiger partial charge in [0.05, 0.1) is 10.6 Å². The lowest BCUT2D eigenvalue weighted by Crippen LogP contribution is -2.54.